The number of carbonyl (C=O) groups is 2. The molecule has 1 aliphatic carbocycles. The highest BCUT2D eigenvalue weighted by atomic mass is 16.5. The standard InChI is InChI=1S/C14H17NO4/c1-8-3-4-10(7-12(8)16)14(18)19-9(2)13(17)15-11-5-6-11/h3-4,7,9,11,16H,5-6H2,1-2H3,(H,15,17). The van der Waals surface area contributed by atoms with Crippen LogP contribution in [0.15, 0.2) is 18.2 Å². The SMILES string of the molecule is Cc1ccc(C(=O)OC(C)C(=O)NC2CC2)cc1O. The van der Waals surface area contributed by atoms with Crippen molar-refractivity contribution < 1.29 is 19.4 Å². The van der Waals surface area contributed by atoms with E-state index in [1.165, 1.54) is 13.0 Å². The molecule has 1 aromatic carbocycles. The van der Waals surface area contributed by atoms with Crippen molar-refractivity contribution in [2.75, 3.05) is 0 Å². The van der Waals surface area contributed by atoms with E-state index in [1.807, 2.05) is 0 Å². The number of ether oxygens (including phenoxy) is 1. The number of hydrogen-bond donors (Lipinski definition) is 2. The van der Waals surface area contributed by atoms with E-state index in [-0.39, 0.29) is 23.3 Å². The lowest BCUT2D eigenvalue weighted by atomic mass is 10.1. The minimum Gasteiger partial charge on any atom is -0.508 e. The highest BCUT2D eigenvalue weighted by molar-refractivity contribution is 5.92. The van der Waals surface area contributed by atoms with Crippen LogP contribution in [0.25, 0.3) is 0 Å². The van der Waals surface area contributed by atoms with Gasteiger partial charge in [0.1, 0.15) is 5.75 Å². The monoisotopic (exact) mass is 263 g/mol. The molecule has 2 rings (SSSR count). The lowest BCUT2D eigenvalue weighted by Gasteiger charge is -2.13. The number of aryl methyl sites for hydroxylation is 1. The molecule has 0 spiro atoms. The van der Waals surface area contributed by atoms with Gasteiger partial charge in [-0.2, -0.15) is 0 Å². The van der Waals surface area contributed by atoms with Crippen molar-refractivity contribution in [1.82, 2.24) is 5.32 Å². The van der Waals surface area contributed by atoms with Crippen LogP contribution in [0.2, 0.25) is 0 Å². The first-order valence-electron chi connectivity index (χ1n) is 6.28. The van der Waals surface area contributed by atoms with Crippen molar-refractivity contribution in [2.24, 2.45) is 0 Å². The Labute approximate surface area is 111 Å². The topological polar surface area (TPSA) is 75.6 Å². The van der Waals surface area contributed by atoms with Crippen molar-refractivity contribution in [3.63, 3.8) is 0 Å². The summed E-state index contributed by atoms with van der Waals surface area (Å²) in [6.07, 6.45) is 1.13. The Bertz CT molecular complexity index is 508. The molecule has 1 saturated carbocycles. The number of esters is 1. The molecular formula is C14H17NO4. The van der Waals surface area contributed by atoms with Crippen molar-refractivity contribution in [2.45, 2.75) is 38.8 Å². The van der Waals surface area contributed by atoms with Crippen molar-refractivity contribution in [1.29, 1.82) is 0 Å². The Morgan fingerprint density at radius 2 is 2.11 bits per heavy atom. The third kappa shape index (κ3) is 3.47. The third-order valence-corrected chi connectivity index (χ3v) is 3.02. The van der Waals surface area contributed by atoms with Crippen LogP contribution in [-0.2, 0) is 9.53 Å². The second-order valence-corrected chi connectivity index (χ2v) is 4.83. The summed E-state index contributed by atoms with van der Waals surface area (Å²) in [5.74, 6) is -0.870. The van der Waals surface area contributed by atoms with Crippen LogP contribution in [0.4, 0.5) is 0 Å². The molecule has 19 heavy (non-hydrogen) atoms. The first kappa shape index (κ1) is 13.4. The van der Waals surface area contributed by atoms with E-state index in [0.717, 1.165) is 12.8 Å². The fraction of sp³-hybridized carbons (Fsp3) is 0.429. The van der Waals surface area contributed by atoms with Gasteiger partial charge in [-0.1, -0.05) is 6.07 Å². The minimum absolute atomic E-state index is 0.0320. The molecule has 1 unspecified atom stereocenters. The van der Waals surface area contributed by atoms with Crippen LogP contribution < -0.4 is 5.32 Å². The molecule has 5 nitrogen and oxygen atoms in total. The van der Waals surface area contributed by atoms with E-state index >= 15 is 0 Å². The van der Waals surface area contributed by atoms with Gasteiger partial charge in [-0.05, 0) is 44.4 Å². The third-order valence-electron chi connectivity index (χ3n) is 3.02. The van der Waals surface area contributed by atoms with Gasteiger partial charge in [0, 0.05) is 6.04 Å². The molecule has 1 atom stereocenters. The molecule has 102 valence electrons. The van der Waals surface area contributed by atoms with E-state index in [4.69, 9.17) is 4.74 Å². The molecular weight excluding hydrogens is 246 g/mol. The summed E-state index contributed by atoms with van der Waals surface area (Å²) in [5, 5.41) is 12.3. The number of nitrogens with one attached hydrogen (secondary N) is 1. The summed E-state index contributed by atoms with van der Waals surface area (Å²) in [4.78, 5) is 23.5. The highest BCUT2D eigenvalue weighted by Crippen LogP contribution is 2.20. The lowest BCUT2D eigenvalue weighted by Crippen LogP contribution is -2.37. The van der Waals surface area contributed by atoms with Crippen LogP contribution in [0, 0.1) is 6.92 Å². The number of aromatic hydroxyl groups is 1. The number of hydrogen-bond acceptors (Lipinski definition) is 4. The minimum atomic E-state index is -0.837. The molecule has 1 amide bonds. The van der Waals surface area contributed by atoms with E-state index in [1.54, 1.807) is 19.1 Å². The number of amides is 1. The number of carbonyl (C=O) groups excluding carboxylic acids is 2. The summed E-state index contributed by atoms with van der Waals surface area (Å²) in [6, 6.07) is 4.75. The first-order valence-corrected chi connectivity index (χ1v) is 6.28. The zero-order valence-electron chi connectivity index (χ0n) is 11.0. The van der Waals surface area contributed by atoms with Gasteiger partial charge in [-0.15, -0.1) is 0 Å². The van der Waals surface area contributed by atoms with Gasteiger partial charge < -0.3 is 15.2 Å². The molecule has 1 aromatic rings. The van der Waals surface area contributed by atoms with Gasteiger partial charge in [0.15, 0.2) is 6.10 Å². The predicted octanol–water partition coefficient (Wildman–Crippen LogP) is 1.52. The fourth-order valence-corrected chi connectivity index (χ4v) is 1.56. The molecule has 1 aliphatic rings. The Kier molecular flexibility index (Phi) is 3.74. The summed E-state index contributed by atoms with van der Waals surface area (Å²) < 4.78 is 5.06. The number of rotatable bonds is 4. The van der Waals surface area contributed by atoms with Gasteiger partial charge in [-0.3, -0.25) is 4.79 Å². The van der Waals surface area contributed by atoms with Crippen LogP contribution in [0.5, 0.6) is 5.75 Å². The normalized spacial score (nSPS) is 15.7. The van der Waals surface area contributed by atoms with Gasteiger partial charge in [-0.25, -0.2) is 4.79 Å². The second-order valence-electron chi connectivity index (χ2n) is 4.83. The van der Waals surface area contributed by atoms with Crippen LogP contribution in [0.1, 0.15) is 35.7 Å². The van der Waals surface area contributed by atoms with Gasteiger partial charge >= 0.3 is 5.97 Å². The molecule has 0 saturated heterocycles. The Hall–Kier alpha value is -2.04. The molecule has 5 heteroatoms. The van der Waals surface area contributed by atoms with Crippen LogP contribution in [-0.4, -0.2) is 29.1 Å². The average Bonchev–Trinajstić information content (AvgIpc) is 3.16. The maximum absolute atomic E-state index is 11.8. The van der Waals surface area contributed by atoms with Crippen LogP contribution >= 0.6 is 0 Å². The number of phenolic OH excluding ortho intramolecular Hbond substituents is 1. The fourth-order valence-electron chi connectivity index (χ4n) is 1.56. The quantitative estimate of drug-likeness (QED) is 0.808. The van der Waals surface area contributed by atoms with E-state index in [9.17, 15) is 14.7 Å². The molecule has 0 radical (unpaired) electrons. The van der Waals surface area contributed by atoms with Crippen molar-refractivity contribution >= 4 is 11.9 Å². The smallest absolute Gasteiger partial charge is 0.339 e. The summed E-state index contributed by atoms with van der Waals surface area (Å²) >= 11 is 0. The van der Waals surface area contributed by atoms with Crippen molar-refractivity contribution in [3.05, 3.63) is 29.3 Å². The average molecular weight is 263 g/mol. The maximum Gasteiger partial charge on any atom is 0.339 e. The van der Waals surface area contributed by atoms with E-state index in [2.05, 4.69) is 5.32 Å². The van der Waals surface area contributed by atoms with Gasteiger partial charge in [0.25, 0.3) is 5.91 Å². The largest absolute Gasteiger partial charge is 0.508 e. The molecule has 0 aromatic heterocycles. The van der Waals surface area contributed by atoms with Gasteiger partial charge in [0.2, 0.25) is 0 Å². The van der Waals surface area contributed by atoms with Gasteiger partial charge in [0.05, 0.1) is 5.56 Å². The number of phenols is 1. The maximum atomic E-state index is 11.8. The zero-order valence-corrected chi connectivity index (χ0v) is 11.0. The van der Waals surface area contributed by atoms with E-state index < -0.39 is 12.1 Å². The highest BCUT2D eigenvalue weighted by Gasteiger charge is 2.27. The Morgan fingerprint density at radius 3 is 2.68 bits per heavy atom. The molecule has 1 fully saturated rings. The molecule has 0 heterocycles. The number of benzene rings is 1. The Morgan fingerprint density at radius 1 is 1.42 bits per heavy atom. The summed E-state index contributed by atoms with van der Waals surface area (Å²) in [5.41, 5.74) is 0.908. The van der Waals surface area contributed by atoms with Crippen LogP contribution in [0.3, 0.4) is 0 Å². The van der Waals surface area contributed by atoms with E-state index in [0.29, 0.717) is 5.56 Å². The first-order chi connectivity index (χ1) is 8.97. The summed E-state index contributed by atoms with van der Waals surface area (Å²) in [7, 11) is 0. The zero-order chi connectivity index (χ0) is 14.0. The lowest BCUT2D eigenvalue weighted by molar-refractivity contribution is -0.129. The predicted molar refractivity (Wildman–Crippen MR) is 68.9 cm³/mol. The molecule has 0 aliphatic heterocycles. The Balaban J connectivity index is 1.95. The molecule has 2 N–H and O–H groups in total. The van der Waals surface area contributed by atoms with Crippen molar-refractivity contribution in [3.8, 4) is 5.75 Å². The molecule has 0 bridgehead atoms. The second kappa shape index (κ2) is 5.30. The summed E-state index contributed by atoms with van der Waals surface area (Å²) in [6.45, 7) is 3.26.